The number of carbonyl (C=O) groups is 2. The number of likely N-dealkylation sites (tertiary alicyclic amines) is 1. The average Bonchev–Trinajstić information content (AvgIpc) is 2.90. The van der Waals surface area contributed by atoms with Crippen molar-refractivity contribution in [3.05, 3.63) is 78.4 Å². The minimum absolute atomic E-state index is 0.0446. The molecule has 1 aliphatic rings. The maximum Gasteiger partial charge on any atom is 0.229 e. The molecule has 188 valence electrons. The van der Waals surface area contributed by atoms with Crippen molar-refractivity contribution < 1.29 is 19.4 Å². The lowest BCUT2D eigenvalue weighted by Gasteiger charge is -2.32. The highest BCUT2D eigenvalue weighted by Gasteiger charge is 2.28. The first-order valence-electron chi connectivity index (χ1n) is 12.3. The highest BCUT2D eigenvalue weighted by Crippen LogP contribution is 2.33. The van der Waals surface area contributed by atoms with Crippen molar-refractivity contribution in [1.82, 2.24) is 4.90 Å². The van der Waals surface area contributed by atoms with E-state index in [4.69, 9.17) is 4.74 Å². The van der Waals surface area contributed by atoms with Gasteiger partial charge in [0.05, 0.1) is 5.69 Å². The molecule has 36 heavy (non-hydrogen) atoms. The Morgan fingerprint density at radius 1 is 1.03 bits per heavy atom. The van der Waals surface area contributed by atoms with Gasteiger partial charge in [-0.3, -0.25) is 9.59 Å². The molecule has 0 bridgehead atoms. The van der Waals surface area contributed by atoms with E-state index in [1.807, 2.05) is 55.6 Å². The van der Waals surface area contributed by atoms with Gasteiger partial charge in [0.15, 0.2) is 5.75 Å². The predicted molar refractivity (Wildman–Crippen MR) is 141 cm³/mol. The zero-order valence-corrected chi connectivity index (χ0v) is 21.0. The van der Waals surface area contributed by atoms with Crippen LogP contribution in [0.2, 0.25) is 0 Å². The molecule has 1 fully saturated rings. The first kappa shape index (κ1) is 25.1. The fraction of sp³-hybridized carbons (Fsp3) is 0.310. The van der Waals surface area contributed by atoms with Crippen LogP contribution in [-0.4, -0.2) is 42.0 Å². The highest BCUT2D eigenvalue weighted by atomic mass is 16.5. The summed E-state index contributed by atoms with van der Waals surface area (Å²) in [6.07, 6.45) is 1.39. The van der Waals surface area contributed by atoms with E-state index in [1.165, 1.54) is 0 Å². The lowest BCUT2D eigenvalue weighted by molar-refractivity contribution is -0.133. The fourth-order valence-electron chi connectivity index (χ4n) is 4.48. The lowest BCUT2D eigenvalue weighted by atomic mass is 9.95. The summed E-state index contributed by atoms with van der Waals surface area (Å²) in [4.78, 5) is 28.3. The molecule has 7 nitrogen and oxygen atoms in total. The van der Waals surface area contributed by atoms with Gasteiger partial charge in [0.25, 0.3) is 0 Å². The van der Waals surface area contributed by atoms with Gasteiger partial charge in [0, 0.05) is 44.7 Å². The Kier molecular flexibility index (Phi) is 7.78. The fourth-order valence-corrected chi connectivity index (χ4v) is 4.48. The smallest absolute Gasteiger partial charge is 0.229 e. The molecule has 4 rings (SSSR count). The zero-order chi connectivity index (χ0) is 25.7. The van der Waals surface area contributed by atoms with E-state index in [0.717, 1.165) is 16.9 Å². The largest absolute Gasteiger partial charge is 0.508 e. The van der Waals surface area contributed by atoms with Gasteiger partial charge in [-0.25, -0.2) is 0 Å². The number of piperidine rings is 1. The Balaban J connectivity index is 1.44. The predicted octanol–water partition coefficient (Wildman–Crippen LogP) is 5.58. The Morgan fingerprint density at radius 2 is 1.72 bits per heavy atom. The molecule has 0 aromatic heterocycles. The normalized spacial score (nSPS) is 14.7. The van der Waals surface area contributed by atoms with Crippen LogP contribution in [0.15, 0.2) is 72.8 Å². The third-order valence-electron chi connectivity index (χ3n) is 6.70. The van der Waals surface area contributed by atoms with Gasteiger partial charge < -0.3 is 25.0 Å². The molecule has 1 atom stereocenters. The Morgan fingerprint density at radius 3 is 2.42 bits per heavy atom. The number of hydrogen-bond donors (Lipinski definition) is 2. The van der Waals surface area contributed by atoms with Gasteiger partial charge in [0.1, 0.15) is 11.5 Å². The van der Waals surface area contributed by atoms with Crippen LogP contribution in [0.1, 0.15) is 38.3 Å². The van der Waals surface area contributed by atoms with Crippen molar-refractivity contribution in [2.45, 2.75) is 32.7 Å². The average molecular weight is 488 g/mol. The van der Waals surface area contributed by atoms with E-state index in [9.17, 15) is 14.7 Å². The number of carbonyl (C=O) groups excluding carboxylic acids is 2. The van der Waals surface area contributed by atoms with Crippen LogP contribution in [0.3, 0.4) is 0 Å². The number of benzene rings is 3. The molecule has 3 aromatic rings. The number of ether oxygens (including phenoxy) is 1. The molecule has 0 saturated carbocycles. The molecule has 7 heteroatoms. The molecule has 1 unspecified atom stereocenters. The second kappa shape index (κ2) is 11.2. The number of phenolic OH excluding ortho intramolecular Hbond substituents is 1. The number of aromatic hydroxyl groups is 1. The van der Waals surface area contributed by atoms with E-state index in [0.29, 0.717) is 37.4 Å². The molecule has 2 N–H and O–H groups in total. The summed E-state index contributed by atoms with van der Waals surface area (Å²) in [5.74, 6) is 1.57. The van der Waals surface area contributed by atoms with Crippen LogP contribution >= 0.6 is 0 Å². The molecule has 1 saturated heterocycles. The number of para-hydroxylation sites is 2. The van der Waals surface area contributed by atoms with Gasteiger partial charge in [-0.1, -0.05) is 24.3 Å². The SMILES string of the molecule is CC(=O)N1CCC(C(=O)N(C)c2cccc(C(C)Nc3ccccc3Oc3ccc(O)cc3)c2)CC1. The van der Waals surface area contributed by atoms with Crippen LogP contribution in [-0.2, 0) is 9.59 Å². The number of rotatable bonds is 7. The first-order valence-corrected chi connectivity index (χ1v) is 12.3. The number of phenols is 1. The lowest BCUT2D eigenvalue weighted by Crippen LogP contribution is -2.42. The third-order valence-corrected chi connectivity index (χ3v) is 6.70. The standard InChI is InChI=1S/C29H33N3O4/c1-20(30-27-9-4-5-10-28(27)36-26-13-11-25(34)12-14-26)23-7-6-8-24(19-23)31(3)29(35)22-15-17-32(18-16-22)21(2)33/h4-14,19-20,22,30,34H,15-18H2,1-3H3. The Bertz CT molecular complexity index is 1200. The zero-order valence-electron chi connectivity index (χ0n) is 21.0. The van der Waals surface area contributed by atoms with E-state index in [1.54, 1.807) is 41.0 Å². The molecular weight excluding hydrogens is 454 g/mol. The molecule has 0 spiro atoms. The molecule has 1 aliphatic heterocycles. The molecule has 2 amide bonds. The quantitative estimate of drug-likeness (QED) is 0.455. The minimum atomic E-state index is -0.0753. The third kappa shape index (κ3) is 5.97. The van der Waals surface area contributed by atoms with Crippen LogP contribution in [0, 0.1) is 5.92 Å². The maximum absolute atomic E-state index is 13.2. The molecule has 1 heterocycles. The van der Waals surface area contributed by atoms with Crippen molar-refractivity contribution in [3.63, 3.8) is 0 Å². The number of amides is 2. The van der Waals surface area contributed by atoms with E-state index >= 15 is 0 Å². The number of anilines is 2. The Hall–Kier alpha value is -4.00. The summed E-state index contributed by atoms with van der Waals surface area (Å²) in [7, 11) is 1.82. The van der Waals surface area contributed by atoms with Crippen molar-refractivity contribution in [3.8, 4) is 17.2 Å². The summed E-state index contributed by atoms with van der Waals surface area (Å²) in [5.41, 5.74) is 2.72. The monoisotopic (exact) mass is 487 g/mol. The summed E-state index contributed by atoms with van der Waals surface area (Å²) in [6, 6.07) is 22.2. The van der Waals surface area contributed by atoms with E-state index < -0.39 is 0 Å². The summed E-state index contributed by atoms with van der Waals surface area (Å²) < 4.78 is 6.03. The summed E-state index contributed by atoms with van der Waals surface area (Å²) >= 11 is 0. The molecule has 0 aliphatic carbocycles. The van der Waals surface area contributed by atoms with E-state index in [2.05, 4.69) is 12.2 Å². The van der Waals surface area contributed by atoms with Crippen molar-refractivity contribution in [2.75, 3.05) is 30.4 Å². The molecule has 3 aromatic carbocycles. The van der Waals surface area contributed by atoms with Gasteiger partial charge >= 0.3 is 0 Å². The van der Waals surface area contributed by atoms with Crippen molar-refractivity contribution in [2.24, 2.45) is 5.92 Å². The maximum atomic E-state index is 13.2. The minimum Gasteiger partial charge on any atom is -0.508 e. The van der Waals surface area contributed by atoms with Gasteiger partial charge in [-0.15, -0.1) is 0 Å². The van der Waals surface area contributed by atoms with E-state index in [-0.39, 0.29) is 29.5 Å². The van der Waals surface area contributed by atoms with Crippen molar-refractivity contribution >= 4 is 23.2 Å². The number of nitrogens with one attached hydrogen (secondary N) is 1. The van der Waals surface area contributed by atoms with Crippen LogP contribution in [0.5, 0.6) is 17.2 Å². The van der Waals surface area contributed by atoms with Gasteiger partial charge in [-0.2, -0.15) is 0 Å². The highest BCUT2D eigenvalue weighted by molar-refractivity contribution is 5.94. The van der Waals surface area contributed by atoms with Crippen molar-refractivity contribution in [1.29, 1.82) is 0 Å². The first-order chi connectivity index (χ1) is 17.3. The second-order valence-electron chi connectivity index (χ2n) is 9.23. The number of hydrogen-bond acceptors (Lipinski definition) is 5. The molecule has 0 radical (unpaired) electrons. The second-order valence-corrected chi connectivity index (χ2v) is 9.23. The summed E-state index contributed by atoms with van der Waals surface area (Å²) in [6.45, 7) is 4.90. The van der Waals surface area contributed by atoms with Gasteiger partial charge in [-0.05, 0) is 73.9 Å². The topological polar surface area (TPSA) is 82.1 Å². The van der Waals surface area contributed by atoms with Crippen LogP contribution in [0.25, 0.3) is 0 Å². The van der Waals surface area contributed by atoms with Gasteiger partial charge in [0.2, 0.25) is 11.8 Å². The Labute approximate surface area is 212 Å². The van der Waals surface area contributed by atoms with Crippen LogP contribution < -0.4 is 15.0 Å². The molecular formula is C29H33N3O4. The number of nitrogens with zero attached hydrogens (tertiary/aromatic N) is 2. The van der Waals surface area contributed by atoms with Crippen LogP contribution in [0.4, 0.5) is 11.4 Å². The summed E-state index contributed by atoms with van der Waals surface area (Å²) in [5, 5.41) is 13.0.